The van der Waals surface area contributed by atoms with Gasteiger partial charge in [0.2, 0.25) is 5.91 Å². The molecule has 0 aliphatic heterocycles. The first kappa shape index (κ1) is 14.5. The van der Waals surface area contributed by atoms with Crippen molar-refractivity contribution in [2.75, 3.05) is 19.7 Å². The van der Waals surface area contributed by atoms with E-state index in [9.17, 15) is 4.79 Å². The van der Waals surface area contributed by atoms with Crippen LogP contribution in [0.3, 0.4) is 0 Å². The molecular formula is C13H26N2O2. The maximum Gasteiger partial charge on any atom is 0.223 e. The highest BCUT2D eigenvalue weighted by molar-refractivity contribution is 5.78. The standard InChI is InChI=1S/C13H26N2O2/c1-13(2,9-16)8-15-12(17)11-5-3-10(7-14)4-6-11/h10-11,16H,3-9,14H2,1-2H3,(H,15,17). The Bertz CT molecular complexity index is 246. The lowest BCUT2D eigenvalue weighted by atomic mass is 9.81. The van der Waals surface area contributed by atoms with Crippen molar-refractivity contribution >= 4 is 5.91 Å². The number of aliphatic hydroxyl groups excluding tert-OH is 1. The lowest BCUT2D eigenvalue weighted by Crippen LogP contribution is -2.40. The van der Waals surface area contributed by atoms with Gasteiger partial charge >= 0.3 is 0 Å². The molecule has 1 amide bonds. The highest BCUT2D eigenvalue weighted by atomic mass is 16.3. The average molecular weight is 242 g/mol. The second-order valence-corrected chi connectivity index (χ2v) is 5.99. The minimum absolute atomic E-state index is 0.0905. The largest absolute Gasteiger partial charge is 0.396 e. The number of amides is 1. The van der Waals surface area contributed by atoms with Crippen LogP contribution in [0.1, 0.15) is 39.5 Å². The minimum Gasteiger partial charge on any atom is -0.396 e. The fourth-order valence-corrected chi connectivity index (χ4v) is 2.19. The fraction of sp³-hybridized carbons (Fsp3) is 0.923. The van der Waals surface area contributed by atoms with E-state index in [-0.39, 0.29) is 23.8 Å². The first-order valence-electron chi connectivity index (χ1n) is 6.57. The fourth-order valence-electron chi connectivity index (χ4n) is 2.19. The Balaban J connectivity index is 2.30. The first-order chi connectivity index (χ1) is 7.98. The van der Waals surface area contributed by atoms with Crippen LogP contribution in [0.2, 0.25) is 0 Å². The van der Waals surface area contributed by atoms with E-state index >= 15 is 0 Å². The second kappa shape index (κ2) is 6.36. The summed E-state index contributed by atoms with van der Waals surface area (Å²) >= 11 is 0. The van der Waals surface area contributed by atoms with Crippen molar-refractivity contribution in [1.29, 1.82) is 0 Å². The summed E-state index contributed by atoms with van der Waals surface area (Å²) in [7, 11) is 0. The van der Waals surface area contributed by atoms with E-state index < -0.39 is 0 Å². The van der Waals surface area contributed by atoms with Gasteiger partial charge in [-0.05, 0) is 38.1 Å². The van der Waals surface area contributed by atoms with Gasteiger partial charge in [-0.1, -0.05) is 13.8 Å². The summed E-state index contributed by atoms with van der Waals surface area (Å²) in [4.78, 5) is 11.9. The molecule has 1 aliphatic rings. The maximum atomic E-state index is 11.9. The van der Waals surface area contributed by atoms with Crippen LogP contribution in [0, 0.1) is 17.3 Å². The third-order valence-corrected chi connectivity index (χ3v) is 3.72. The van der Waals surface area contributed by atoms with Crippen molar-refractivity contribution in [2.45, 2.75) is 39.5 Å². The number of aliphatic hydroxyl groups is 1. The van der Waals surface area contributed by atoms with Gasteiger partial charge in [-0.25, -0.2) is 0 Å². The quantitative estimate of drug-likeness (QED) is 0.670. The molecule has 1 aliphatic carbocycles. The molecule has 0 aromatic carbocycles. The number of carbonyl (C=O) groups excluding carboxylic acids is 1. The molecule has 17 heavy (non-hydrogen) atoms. The molecule has 0 radical (unpaired) electrons. The molecule has 0 spiro atoms. The van der Waals surface area contributed by atoms with Crippen molar-refractivity contribution in [3.8, 4) is 0 Å². The van der Waals surface area contributed by atoms with Crippen molar-refractivity contribution in [3.63, 3.8) is 0 Å². The van der Waals surface area contributed by atoms with Gasteiger partial charge in [0.25, 0.3) is 0 Å². The zero-order valence-corrected chi connectivity index (χ0v) is 11.0. The molecule has 100 valence electrons. The van der Waals surface area contributed by atoms with Gasteiger partial charge in [0.15, 0.2) is 0 Å². The van der Waals surface area contributed by atoms with Crippen LogP contribution >= 0.6 is 0 Å². The summed E-state index contributed by atoms with van der Waals surface area (Å²) in [6, 6.07) is 0. The molecule has 1 fully saturated rings. The summed E-state index contributed by atoms with van der Waals surface area (Å²) < 4.78 is 0. The molecule has 1 saturated carbocycles. The van der Waals surface area contributed by atoms with Crippen molar-refractivity contribution < 1.29 is 9.90 Å². The van der Waals surface area contributed by atoms with Gasteiger partial charge in [-0.15, -0.1) is 0 Å². The lowest BCUT2D eigenvalue weighted by Gasteiger charge is -2.28. The van der Waals surface area contributed by atoms with Crippen molar-refractivity contribution in [3.05, 3.63) is 0 Å². The molecule has 4 heteroatoms. The Morgan fingerprint density at radius 3 is 2.41 bits per heavy atom. The summed E-state index contributed by atoms with van der Waals surface area (Å²) in [5.41, 5.74) is 5.40. The van der Waals surface area contributed by atoms with E-state index in [1.807, 2.05) is 13.8 Å². The summed E-state index contributed by atoms with van der Waals surface area (Å²) in [5, 5.41) is 12.1. The van der Waals surface area contributed by atoms with E-state index in [0.29, 0.717) is 12.5 Å². The normalized spacial score (nSPS) is 25.6. The Morgan fingerprint density at radius 1 is 1.35 bits per heavy atom. The average Bonchev–Trinajstić information content (AvgIpc) is 2.36. The topological polar surface area (TPSA) is 75.3 Å². The van der Waals surface area contributed by atoms with E-state index in [1.165, 1.54) is 0 Å². The third-order valence-electron chi connectivity index (χ3n) is 3.72. The summed E-state index contributed by atoms with van der Waals surface area (Å²) in [6.45, 7) is 5.26. The van der Waals surface area contributed by atoms with Gasteiger partial charge in [0, 0.05) is 24.5 Å². The van der Waals surface area contributed by atoms with Crippen LogP contribution in [0.15, 0.2) is 0 Å². The Hall–Kier alpha value is -0.610. The second-order valence-electron chi connectivity index (χ2n) is 5.99. The highest BCUT2D eigenvalue weighted by Gasteiger charge is 2.26. The van der Waals surface area contributed by atoms with Crippen LogP contribution < -0.4 is 11.1 Å². The smallest absolute Gasteiger partial charge is 0.223 e. The molecule has 0 aromatic rings. The molecule has 0 unspecified atom stereocenters. The molecule has 4 N–H and O–H groups in total. The number of rotatable bonds is 5. The SMILES string of the molecule is CC(C)(CO)CNC(=O)C1CCC(CN)CC1. The highest BCUT2D eigenvalue weighted by Crippen LogP contribution is 2.28. The molecule has 0 aromatic heterocycles. The third kappa shape index (κ3) is 4.64. The van der Waals surface area contributed by atoms with E-state index in [4.69, 9.17) is 10.8 Å². The molecule has 0 atom stereocenters. The number of nitrogens with two attached hydrogens (primary N) is 1. The van der Waals surface area contributed by atoms with Gasteiger partial charge in [-0.2, -0.15) is 0 Å². The van der Waals surface area contributed by atoms with Crippen LogP contribution in [0.4, 0.5) is 0 Å². The van der Waals surface area contributed by atoms with Crippen LogP contribution in [0.5, 0.6) is 0 Å². The number of hydrogen-bond donors (Lipinski definition) is 3. The van der Waals surface area contributed by atoms with Crippen LogP contribution in [-0.2, 0) is 4.79 Å². The summed E-state index contributed by atoms with van der Waals surface area (Å²) in [5.74, 6) is 0.891. The molecule has 1 rings (SSSR count). The van der Waals surface area contributed by atoms with Crippen molar-refractivity contribution in [1.82, 2.24) is 5.32 Å². The number of nitrogens with one attached hydrogen (secondary N) is 1. The first-order valence-corrected chi connectivity index (χ1v) is 6.57. The predicted molar refractivity (Wildman–Crippen MR) is 68.4 cm³/mol. The van der Waals surface area contributed by atoms with Gasteiger partial charge < -0.3 is 16.2 Å². The summed E-state index contributed by atoms with van der Waals surface area (Å²) in [6.07, 6.45) is 4.04. The molecule has 0 heterocycles. The molecule has 4 nitrogen and oxygen atoms in total. The van der Waals surface area contributed by atoms with Gasteiger partial charge in [0.05, 0.1) is 0 Å². The molecular weight excluding hydrogens is 216 g/mol. The minimum atomic E-state index is -0.232. The Labute approximate surface area is 104 Å². The lowest BCUT2D eigenvalue weighted by molar-refractivity contribution is -0.126. The number of hydrogen-bond acceptors (Lipinski definition) is 3. The van der Waals surface area contributed by atoms with Crippen LogP contribution in [-0.4, -0.2) is 30.7 Å². The predicted octanol–water partition coefficient (Wildman–Crippen LogP) is 0.886. The Morgan fingerprint density at radius 2 is 1.94 bits per heavy atom. The van der Waals surface area contributed by atoms with E-state index in [0.717, 1.165) is 32.2 Å². The molecule has 0 bridgehead atoms. The zero-order chi connectivity index (χ0) is 12.9. The maximum absolute atomic E-state index is 11.9. The van der Waals surface area contributed by atoms with E-state index in [1.54, 1.807) is 0 Å². The van der Waals surface area contributed by atoms with Gasteiger partial charge in [0.1, 0.15) is 0 Å². The molecule has 0 saturated heterocycles. The van der Waals surface area contributed by atoms with Gasteiger partial charge in [-0.3, -0.25) is 4.79 Å². The zero-order valence-electron chi connectivity index (χ0n) is 11.0. The van der Waals surface area contributed by atoms with Crippen molar-refractivity contribution in [2.24, 2.45) is 23.0 Å². The van der Waals surface area contributed by atoms with E-state index in [2.05, 4.69) is 5.32 Å². The van der Waals surface area contributed by atoms with Crippen LogP contribution in [0.25, 0.3) is 0 Å². The monoisotopic (exact) mass is 242 g/mol. The number of carbonyl (C=O) groups is 1. The Kier molecular flexibility index (Phi) is 5.40.